The van der Waals surface area contributed by atoms with Crippen molar-refractivity contribution in [3.05, 3.63) is 24.3 Å². The number of alkyl halides is 3. The highest BCUT2D eigenvalue weighted by Gasteiger charge is 2.36. The van der Waals surface area contributed by atoms with Gasteiger partial charge in [0.05, 0.1) is 0 Å². The highest BCUT2D eigenvalue weighted by molar-refractivity contribution is 5.98. The zero-order chi connectivity index (χ0) is 16.2. The van der Waals surface area contributed by atoms with Gasteiger partial charge in [-0.15, -0.1) is 12.4 Å². The monoisotopic (exact) mass is 354 g/mol. The van der Waals surface area contributed by atoms with Crippen LogP contribution < -0.4 is 15.8 Å². The van der Waals surface area contributed by atoms with Crippen molar-refractivity contribution in [1.29, 1.82) is 0 Å². The number of anilines is 1. The fourth-order valence-corrected chi connectivity index (χ4v) is 2.05. The smallest absolute Gasteiger partial charge is 0.422 e. The van der Waals surface area contributed by atoms with Crippen LogP contribution in [0.1, 0.15) is 12.8 Å². The molecule has 5 nitrogen and oxygen atoms in total. The first kappa shape index (κ1) is 19.5. The minimum Gasteiger partial charge on any atom is -0.484 e. The van der Waals surface area contributed by atoms with Gasteiger partial charge in [-0.3, -0.25) is 4.79 Å². The molecule has 1 aromatic rings. The Morgan fingerprint density at radius 3 is 2.61 bits per heavy atom. The molecule has 1 saturated heterocycles. The minimum absolute atomic E-state index is 0. The first-order chi connectivity index (χ1) is 10.3. The van der Waals surface area contributed by atoms with Crippen LogP contribution in [0.5, 0.6) is 5.75 Å². The molecule has 1 fully saturated rings. The molecule has 1 aromatic carbocycles. The predicted octanol–water partition coefficient (Wildman–Crippen LogP) is 2.50. The molecule has 0 aliphatic carbocycles. The zero-order valence-corrected chi connectivity index (χ0v) is 13.0. The maximum Gasteiger partial charge on any atom is 0.422 e. The van der Waals surface area contributed by atoms with Gasteiger partial charge in [-0.2, -0.15) is 13.2 Å². The van der Waals surface area contributed by atoms with Crippen LogP contribution in [0, 0.1) is 0 Å². The number of halogens is 4. The summed E-state index contributed by atoms with van der Waals surface area (Å²) in [6, 6.07) is 5.76. The summed E-state index contributed by atoms with van der Waals surface area (Å²) >= 11 is 0. The van der Waals surface area contributed by atoms with E-state index in [1.807, 2.05) is 0 Å². The van der Waals surface area contributed by atoms with E-state index in [1.54, 1.807) is 6.07 Å². The Morgan fingerprint density at radius 1 is 1.35 bits per heavy atom. The lowest BCUT2D eigenvalue weighted by molar-refractivity contribution is -0.153. The molecule has 1 aliphatic rings. The number of ether oxygens (including phenoxy) is 2. The van der Waals surface area contributed by atoms with Gasteiger partial charge in [-0.25, -0.2) is 0 Å². The van der Waals surface area contributed by atoms with Crippen LogP contribution in [-0.4, -0.2) is 37.4 Å². The molecule has 1 amide bonds. The second kappa shape index (κ2) is 7.85. The average Bonchev–Trinajstić information content (AvgIpc) is 2.46. The van der Waals surface area contributed by atoms with E-state index in [4.69, 9.17) is 10.5 Å². The lowest BCUT2D eigenvalue weighted by Crippen LogP contribution is -2.54. The quantitative estimate of drug-likeness (QED) is 0.871. The molecule has 0 saturated carbocycles. The zero-order valence-electron chi connectivity index (χ0n) is 12.2. The van der Waals surface area contributed by atoms with Gasteiger partial charge in [0, 0.05) is 25.0 Å². The van der Waals surface area contributed by atoms with Gasteiger partial charge in [0.1, 0.15) is 11.3 Å². The highest BCUT2D eigenvalue weighted by Crippen LogP contribution is 2.24. The number of carbonyl (C=O) groups is 1. The average molecular weight is 355 g/mol. The predicted molar refractivity (Wildman–Crippen MR) is 80.8 cm³/mol. The van der Waals surface area contributed by atoms with Crippen LogP contribution in [0.4, 0.5) is 18.9 Å². The number of carbonyl (C=O) groups excluding carboxylic acids is 1. The van der Waals surface area contributed by atoms with E-state index in [1.165, 1.54) is 18.2 Å². The van der Waals surface area contributed by atoms with Crippen molar-refractivity contribution in [2.24, 2.45) is 5.73 Å². The topological polar surface area (TPSA) is 73.6 Å². The Balaban J connectivity index is 0.00000264. The van der Waals surface area contributed by atoms with E-state index in [0.717, 1.165) is 0 Å². The maximum atomic E-state index is 12.2. The van der Waals surface area contributed by atoms with E-state index in [-0.39, 0.29) is 24.1 Å². The SMILES string of the molecule is Cl.NC1(C(=O)Nc2cccc(OCC(F)(F)F)c2)CCOCC1. The van der Waals surface area contributed by atoms with Crippen LogP contribution in [0.25, 0.3) is 0 Å². The summed E-state index contributed by atoms with van der Waals surface area (Å²) in [4.78, 5) is 12.2. The maximum absolute atomic E-state index is 12.2. The Labute approximate surface area is 137 Å². The third-order valence-corrected chi connectivity index (χ3v) is 3.33. The normalized spacial score (nSPS) is 17.0. The van der Waals surface area contributed by atoms with E-state index in [9.17, 15) is 18.0 Å². The molecule has 130 valence electrons. The molecular formula is C14H18ClF3N2O3. The van der Waals surface area contributed by atoms with Crippen LogP contribution in [0.2, 0.25) is 0 Å². The molecule has 1 heterocycles. The van der Waals surface area contributed by atoms with Gasteiger partial charge in [0.25, 0.3) is 0 Å². The Bertz CT molecular complexity index is 534. The number of amides is 1. The fraction of sp³-hybridized carbons (Fsp3) is 0.500. The molecule has 23 heavy (non-hydrogen) atoms. The molecule has 0 radical (unpaired) electrons. The van der Waals surface area contributed by atoms with Crippen molar-refractivity contribution < 1.29 is 27.4 Å². The van der Waals surface area contributed by atoms with Gasteiger partial charge in [-0.05, 0) is 25.0 Å². The molecule has 1 aliphatic heterocycles. The van der Waals surface area contributed by atoms with E-state index in [0.29, 0.717) is 31.7 Å². The van der Waals surface area contributed by atoms with Gasteiger partial charge in [-0.1, -0.05) is 6.07 Å². The molecule has 0 aromatic heterocycles. The molecular weight excluding hydrogens is 337 g/mol. The molecule has 0 spiro atoms. The van der Waals surface area contributed by atoms with Crippen molar-refractivity contribution in [3.8, 4) is 5.75 Å². The van der Waals surface area contributed by atoms with Crippen molar-refractivity contribution in [2.45, 2.75) is 24.6 Å². The largest absolute Gasteiger partial charge is 0.484 e. The van der Waals surface area contributed by atoms with Gasteiger partial charge < -0.3 is 20.5 Å². The summed E-state index contributed by atoms with van der Waals surface area (Å²) < 4.78 is 46.2. The van der Waals surface area contributed by atoms with Crippen molar-refractivity contribution in [1.82, 2.24) is 0 Å². The van der Waals surface area contributed by atoms with Crippen LogP contribution in [0.3, 0.4) is 0 Å². The molecule has 9 heteroatoms. The molecule has 3 N–H and O–H groups in total. The minimum atomic E-state index is -4.41. The summed E-state index contributed by atoms with van der Waals surface area (Å²) in [6.07, 6.45) is -3.63. The van der Waals surface area contributed by atoms with Crippen molar-refractivity contribution in [2.75, 3.05) is 25.1 Å². The lowest BCUT2D eigenvalue weighted by atomic mass is 9.90. The number of nitrogens with one attached hydrogen (secondary N) is 1. The van der Waals surface area contributed by atoms with Crippen molar-refractivity contribution >= 4 is 24.0 Å². The van der Waals surface area contributed by atoms with Gasteiger partial charge in [0.15, 0.2) is 6.61 Å². The molecule has 0 unspecified atom stereocenters. The van der Waals surface area contributed by atoms with Crippen LogP contribution in [0.15, 0.2) is 24.3 Å². The number of hydrogen-bond donors (Lipinski definition) is 2. The molecule has 0 bridgehead atoms. The Morgan fingerprint density at radius 2 is 2.00 bits per heavy atom. The third kappa shape index (κ3) is 5.89. The number of nitrogens with two attached hydrogens (primary N) is 1. The summed E-state index contributed by atoms with van der Waals surface area (Å²) in [5.41, 5.74) is 5.34. The van der Waals surface area contributed by atoms with Gasteiger partial charge >= 0.3 is 6.18 Å². The Kier molecular flexibility index (Phi) is 6.67. The van der Waals surface area contributed by atoms with Gasteiger partial charge in [0.2, 0.25) is 5.91 Å². The first-order valence-corrected chi connectivity index (χ1v) is 6.76. The standard InChI is InChI=1S/C14H17F3N2O3.ClH/c15-14(16,17)9-22-11-3-1-2-10(8-11)19-12(20)13(18)4-6-21-7-5-13;/h1-3,8H,4-7,9,18H2,(H,19,20);1H. The Hall–Kier alpha value is -1.51. The molecule has 2 rings (SSSR count). The first-order valence-electron chi connectivity index (χ1n) is 6.76. The second-order valence-electron chi connectivity index (χ2n) is 5.15. The number of benzene rings is 1. The fourth-order valence-electron chi connectivity index (χ4n) is 2.05. The highest BCUT2D eigenvalue weighted by atomic mass is 35.5. The van der Waals surface area contributed by atoms with E-state index in [2.05, 4.69) is 10.1 Å². The van der Waals surface area contributed by atoms with E-state index >= 15 is 0 Å². The summed E-state index contributed by atoms with van der Waals surface area (Å²) in [6.45, 7) is -0.583. The second-order valence-corrected chi connectivity index (χ2v) is 5.15. The van der Waals surface area contributed by atoms with E-state index < -0.39 is 18.3 Å². The van der Waals surface area contributed by atoms with Crippen LogP contribution >= 0.6 is 12.4 Å². The summed E-state index contributed by atoms with van der Waals surface area (Å²) in [5, 5.41) is 2.61. The lowest BCUT2D eigenvalue weighted by Gasteiger charge is -2.31. The van der Waals surface area contributed by atoms with Crippen molar-refractivity contribution in [3.63, 3.8) is 0 Å². The molecule has 0 atom stereocenters. The number of rotatable bonds is 4. The summed E-state index contributed by atoms with van der Waals surface area (Å²) in [5.74, 6) is -0.364. The summed E-state index contributed by atoms with van der Waals surface area (Å²) in [7, 11) is 0. The third-order valence-electron chi connectivity index (χ3n) is 3.33. The van der Waals surface area contributed by atoms with Crippen LogP contribution in [-0.2, 0) is 9.53 Å². The number of hydrogen-bond acceptors (Lipinski definition) is 4.